The highest BCUT2D eigenvalue weighted by Crippen LogP contribution is 2.44. The summed E-state index contributed by atoms with van der Waals surface area (Å²) in [5, 5.41) is 8.76. The minimum absolute atomic E-state index is 0.0247. The first-order chi connectivity index (χ1) is 11.9. The maximum Gasteiger partial charge on any atom is 0.419 e. The fraction of sp³-hybridized carbons (Fsp3) is 0.632. The second-order valence-electron chi connectivity index (χ2n) is 7.21. The van der Waals surface area contributed by atoms with Crippen molar-refractivity contribution in [3.63, 3.8) is 0 Å². The molecule has 1 aliphatic heterocycles. The molecular formula is C19H23F3N2O. The molecule has 3 rings (SSSR count). The first kappa shape index (κ1) is 18.2. The number of alkyl halides is 3. The zero-order chi connectivity index (χ0) is 17.9. The molecule has 6 heteroatoms. The molecule has 2 aliphatic rings. The van der Waals surface area contributed by atoms with E-state index < -0.39 is 11.8 Å². The van der Waals surface area contributed by atoms with Crippen LogP contribution in [-0.4, -0.2) is 35.8 Å². The molecule has 0 N–H and O–H groups in total. The average Bonchev–Trinajstić information content (AvgIpc) is 2.55. The Hall–Kier alpha value is -1.58. The molecule has 0 aromatic heterocycles. The predicted octanol–water partition coefficient (Wildman–Crippen LogP) is 4.29. The van der Waals surface area contributed by atoms with E-state index in [4.69, 9.17) is 10.00 Å². The monoisotopic (exact) mass is 352 g/mol. The molecule has 0 unspecified atom stereocenters. The van der Waals surface area contributed by atoms with Crippen molar-refractivity contribution in [3.05, 3.63) is 35.9 Å². The van der Waals surface area contributed by atoms with Crippen LogP contribution in [0.4, 0.5) is 13.2 Å². The lowest BCUT2D eigenvalue weighted by Gasteiger charge is -2.54. The van der Waals surface area contributed by atoms with Gasteiger partial charge in [-0.05, 0) is 37.2 Å². The number of halogens is 3. The number of hydrogen-bond acceptors (Lipinski definition) is 3. The van der Waals surface area contributed by atoms with Crippen LogP contribution in [0.15, 0.2) is 30.3 Å². The lowest BCUT2D eigenvalue weighted by atomic mass is 9.80. The number of rotatable bonds is 5. The zero-order valence-electron chi connectivity index (χ0n) is 14.1. The molecular weight excluding hydrogens is 329 g/mol. The van der Waals surface area contributed by atoms with Gasteiger partial charge in [0, 0.05) is 25.6 Å². The fourth-order valence-corrected chi connectivity index (χ4v) is 3.86. The van der Waals surface area contributed by atoms with Gasteiger partial charge in [0.15, 0.2) is 5.60 Å². The van der Waals surface area contributed by atoms with Crippen LogP contribution in [0.5, 0.6) is 0 Å². The summed E-state index contributed by atoms with van der Waals surface area (Å²) in [6.45, 7) is -0.197. The molecule has 0 amide bonds. The molecule has 136 valence electrons. The minimum Gasteiger partial charge on any atom is -0.358 e. The second kappa shape index (κ2) is 7.35. The van der Waals surface area contributed by atoms with E-state index in [0.29, 0.717) is 12.3 Å². The van der Waals surface area contributed by atoms with E-state index >= 15 is 0 Å². The molecule has 0 atom stereocenters. The Morgan fingerprint density at radius 3 is 2.32 bits per heavy atom. The Morgan fingerprint density at radius 1 is 1.12 bits per heavy atom. The van der Waals surface area contributed by atoms with Gasteiger partial charge in [-0.1, -0.05) is 30.3 Å². The lowest BCUT2D eigenvalue weighted by Crippen LogP contribution is -2.72. The van der Waals surface area contributed by atoms with Crippen LogP contribution in [0.1, 0.15) is 37.7 Å². The molecule has 1 saturated carbocycles. The Balaban J connectivity index is 1.56. The van der Waals surface area contributed by atoms with E-state index in [1.165, 1.54) is 0 Å². The topological polar surface area (TPSA) is 36.3 Å². The smallest absolute Gasteiger partial charge is 0.358 e. The summed E-state index contributed by atoms with van der Waals surface area (Å²) >= 11 is 0. The van der Waals surface area contributed by atoms with Gasteiger partial charge in [-0.3, -0.25) is 4.90 Å². The Kier molecular flexibility index (Phi) is 5.35. The van der Waals surface area contributed by atoms with Crippen molar-refractivity contribution in [2.75, 3.05) is 13.1 Å². The molecule has 0 radical (unpaired) electrons. The molecule has 1 aromatic carbocycles. The SMILES string of the molecule is N#CC[C@H]1CC[C@H](N2CC(OCc3ccccc3)(C(F)(F)F)C2)CC1. The van der Waals surface area contributed by atoms with Crippen molar-refractivity contribution in [1.29, 1.82) is 5.26 Å². The van der Waals surface area contributed by atoms with E-state index in [-0.39, 0.29) is 25.7 Å². The van der Waals surface area contributed by atoms with Crippen LogP contribution < -0.4 is 0 Å². The molecule has 1 saturated heterocycles. The fourth-order valence-electron chi connectivity index (χ4n) is 3.86. The summed E-state index contributed by atoms with van der Waals surface area (Å²) in [5.74, 6) is 0.407. The van der Waals surface area contributed by atoms with Crippen molar-refractivity contribution < 1.29 is 17.9 Å². The number of nitrogens with zero attached hydrogens (tertiary/aromatic N) is 2. The predicted molar refractivity (Wildman–Crippen MR) is 87.6 cm³/mol. The van der Waals surface area contributed by atoms with Crippen molar-refractivity contribution in [1.82, 2.24) is 4.90 Å². The molecule has 1 aromatic rings. The van der Waals surface area contributed by atoms with E-state index in [9.17, 15) is 13.2 Å². The second-order valence-corrected chi connectivity index (χ2v) is 7.21. The van der Waals surface area contributed by atoms with Crippen molar-refractivity contribution >= 4 is 0 Å². The van der Waals surface area contributed by atoms with Crippen LogP contribution in [0.25, 0.3) is 0 Å². The van der Waals surface area contributed by atoms with Crippen molar-refractivity contribution in [3.8, 4) is 6.07 Å². The lowest BCUT2D eigenvalue weighted by molar-refractivity contribution is -0.327. The molecule has 1 aliphatic carbocycles. The van der Waals surface area contributed by atoms with Crippen molar-refractivity contribution in [2.45, 2.75) is 56.5 Å². The number of likely N-dealkylation sites (tertiary alicyclic amines) is 1. The van der Waals surface area contributed by atoms with Gasteiger partial charge in [0.05, 0.1) is 12.7 Å². The Morgan fingerprint density at radius 2 is 1.76 bits per heavy atom. The summed E-state index contributed by atoms with van der Waals surface area (Å²) in [6, 6.07) is 11.4. The van der Waals surface area contributed by atoms with Gasteiger partial charge in [0.1, 0.15) is 0 Å². The standard InChI is InChI=1S/C19H23F3N2O/c20-19(21,22)18(25-12-16-4-2-1-3-5-16)13-24(14-18)17-8-6-15(7-9-17)10-11-23/h1-5,15,17H,6-10,12-14H2/t15-,17-. The molecule has 0 spiro atoms. The highest BCUT2D eigenvalue weighted by Gasteiger charge is 2.64. The van der Waals surface area contributed by atoms with Gasteiger partial charge in [0.25, 0.3) is 0 Å². The summed E-state index contributed by atoms with van der Waals surface area (Å²) in [6.07, 6.45) is -0.204. The van der Waals surface area contributed by atoms with Crippen LogP contribution in [0.2, 0.25) is 0 Å². The molecule has 1 heterocycles. The molecule has 2 fully saturated rings. The maximum absolute atomic E-state index is 13.6. The first-order valence-corrected chi connectivity index (χ1v) is 8.79. The van der Waals surface area contributed by atoms with Gasteiger partial charge < -0.3 is 4.74 Å². The van der Waals surface area contributed by atoms with Gasteiger partial charge in [-0.2, -0.15) is 18.4 Å². The number of hydrogen-bond donors (Lipinski definition) is 0. The van der Waals surface area contributed by atoms with Crippen LogP contribution in [0.3, 0.4) is 0 Å². The Bertz CT molecular complexity index is 597. The highest BCUT2D eigenvalue weighted by atomic mass is 19.4. The number of benzene rings is 1. The van der Waals surface area contributed by atoms with E-state index in [1.807, 2.05) is 11.0 Å². The van der Waals surface area contributed by atoms with Crippen LogP contribution >= 0.6 is 0 Å². The van der Waals surface area contributed by atoms with Gasteiger partial charge in [-0.25, -0.2) is 0 Å². The third-order valence-electron chi connectivity index (χ3n) is 5.50. The van der Waals surface area contributed by atoms with Crippen LogP contribution in [0, 0.1) is 17.2 Å². The largest absolute Gasteiger partial charge is 0.419 e. The Labute approximate surface area is 146 Å². The molecule has 0 bridgehead atoms. The van der Waals surface area contributed by atoms with Crippen molar-refractivity contribution in [2.24, 2.45) is 5.92 Å². The average molecular weight is 352 g/mol. The quantitative estimate of drug-likeness (QED) is 0.793. The number of nitriles is 1. The summed E-state index contributed by atoms with van der Waals surface area (Å²) < 4.78 is 46.1. The zero-order valence-corrected chi connectivity index (χ0v) is 14.1. The van der Waals surface area contributed by atoms with E-state index in [1.54, 1.807) is 24.3 Å². The summed E-state index contributed by atoms with van der Waals surface area (Å²) in [4.78, 5) is 1.90. The van der Waals surface area contributed by atoms with Gasteiger partial charge in [-0.15, -0.1) is 0 Å². The van der Waals surface area contributed by atoms with E-state index in [2.05, 4.69) is 6.07 Å². The van der Waals surface area contributed by atoms with E-state index in [0.717, 1.165) is 31.2 Å². The maximum atomic E-state index is 13.6. The molecule has 25 heavy (non-hydrogen) atoms. The minimum atomic E-state index is -4.36. The molecule has 3 nitrogen and oxygen atoms in total. The summed E-state index contributed by atoms with van der Waals surface area (Å²) in [7, 11) is 0. The first-order valence-electron chi connectivity index (χ1n) is 8.79. The summed E-state index contributed by atoms with van der Waals surface area (Å²) in [5.41, 5.74) is -1.30. The number of ether oxygens (including phenoxy) is 1. The van der Waals surface area contributed by atoms with Gasteiger partial charge >= 0.3 is 6.18 Å². The highest BCUT2D eigenvalue weighted by molar-refractivity contribution is 5.14. The normalized spacial score (nSPS) is 26.6. The van der Waals surface area contributed by atoms with Crippen LogP contribution in [-0.2, 0) is 11.3 Å². The third-order valence-corrected chi connectivity index (χ3v) is 5.50. The van der Waals surface area contributed by atoms with Gasteiger partial charge in [0.2, 0.25) is 0 Å². The third kappa shape index (κ3) is 3.99.